The van der Waals surface area contributed by atoms with Crippen LogP contribution in [0.1, 0.15) is 33.1 Å². The van der Waals surface area contributed by atoms with E-state index in [1.54, 1.807) is 79.9 Å². The van der Waals surface area contributed by atoms with Gasteiger partial charge in [-0.05, 0) is 60.0 Å². The Morgan fingerprint density at radius 2 is 1.51 bits per heavy atom. The van der Waals surface area contributed by atoms with Gasteiger partial charge in [0.15, 0.2) is 0 Å². The summed E-state index contributed by atoms with van der Waals surface area (Å²) in [6.45, 7) is 1.65. The van der Waals surface area contributed by atoms with Crippen molar-refractivity contribution in [2.45, 2.75) is 19.5 Å². The molecule has 4 aromatic carbocycles. The molecule has 0 spiro atoms. The molecule has 1 N–H and O–H groups in total. The molecule has 5 rings (SSSR count). The second kappa shape index (κ2) is 11.9. The van der Waals surface area contributed by atoms with Gasteiger partial charge in [-0.25, -0.2) is 0 Å². The number of methoxy groups -OCH3 is 1. The van der Waals surface area contributed by atoms with Crippen molar-refractivity contribution in [2.75, 3.05) is 23.9 Å². The number of Topliss-reactive ketones (excluding diaryl/α,β-unsaturated/α-hetero) is 1. The van der Waals surface area contributed by atoms with Crippen molar-refractivity contribution in [3.63, 3.8) is 0 Å². The van der Waals surface area contributed by atoms with Crippen LogP contribution in [0.5, 0.6) is 5.75 Å². The maximum absolute atomic E-state index is 14.2. The Kier molecular flexibility index (Phi) is 7.92. The van der Waals surface area contributed by atoms with Gasteiger partial charge < -0.3 is 15.0 Å². The number of nitrogens with zero attached hydrogens (tertiary/aromatic N) is 2. The van der Waals surface area contributed by atoms with Crippen LogP contribution in [-0.2, 0) is 20.9 Å². The molecule has 0 unspecified atom stereocenters. The van der Waals surface area contributed by atoms with Gasteiger partial charge in [-0.1, -0.05) is 66.7 Å². The van der Waals surface area contributed by atoms with E-state index in [2.05, 4.69) is 5.32 Å². The number of nitrogens with one attached hydrogen (secondary N) is 1. The summed E-state index contributed by atoms with van der Waals surface area (Å²) in [4.78, 5) is 56.3. The molecule has 0 bridgehead atoms. The van der Waals surface area contributed by atoms with Crippen LogP contribution in [-0.4, -0.2) is 42.1 Å². The minimum atomic E-state index is -1.03. The van der Waals surface area contributed by atoms with Crippen molar-refractivity contribution < 1.29 is 23.9 Å². The first-order valence-electron chi connectivity index (χ1n) is 13.2. The number of carbonyl (C=O) groups excluding carboxylic acids is 4. The third-order valence-corrected chi connectivity index (χ3v) is 7.13. The molecule has 0 radical (unpaired) electrons. The topological polar surface area (TPSA) is 96.0 Å². The standard InChI is InChI=1S/C33H29N3O5/c1-22-10-6-7-13-24(22)20-36(29(37)21-35-28-15-9-8-14-27(28)31(38)33(35)40)30(23-11-4-3-5-12-23)32(39)34-25-16-18-26(41-2)19-17-25/h3-19,30H,20-21H2,1-2H3,(H,34,39)/t30-/m0/s1. The number of para-hydroxylation sites is 1. The largest absolute Gasteiger partial charge is 0.497 e. The Balaban J connectivity index is 1.53. The van der Waals surface area contributed by atoms with E-state index in [9.17, 15) is 19.2 Å². The third kappa shape index (κ3) is 5.72. The lowest BCUT2D eigenvalue weighted by Gasteiger charge is -2.33. The zero-order valence-corrected chi connectivity index (χ0v) is 22.7. The molecule has 0 aromatic heterocycles. The summed E-state index contributed by atoms with van der Waals surface area (Å²) in [7, 11) is 1.56. The Hall–Kier alpha value is -5.24. The maximum atomic E-state index is 14.2. The molecule has 0 saturated carbocycles. The van der Waals surface area contributed by atoms with E-state index < -0.39 is 36.1 Å². The van der Waals surface area contributed by atoms with Gasteiger partial charge in [0.05, 0.1) is 18.4 Å². The summed E-state index contributed by atoms with van der Waals surface area (Å²) in [6.07, 6.45) is 0. The second-order valence-electron chi connectivity index (χ2n) is 9.72. The molecule has 0 saturated heterocycles. The highest BCUT2D eigenvalue weighted by Gasteiger charge is 2.39. The second-order valence-corrected chi connectivity index (χ2v) is 9.72. The lowest BCUT2D eigenvalue weighted by Crippen LogP contribution is -2.46. The first-order chi connectivity index (χ1) is 19.9. The van der Waals surface area contributed by atoms with Gasteiger partial charge in [0.25, 0.3) is 17.6 Å². The molecule has 0 aliphatic carbocycles. The summed E-state index contributed by atoms with van der Waals surface area (Å²) < 4.78 is 5.22. The van der Waals surface area contributed by atoms with E-state index in [-0.39, 0.29) is 12.1 Å². The average Bonchev–Trinajstić information content (AvgIpc) is 3.23. The quantitative estimate of drug-likeness (QED) is 0.300. The lowest BCUT2D eigenvalue weighted by atomic mass is 10.0. The molecule has 1 aliphatic rings. The molecule has 1 atom stereocenters. The normalized spacial score (nSPS) is 13.0. The summed E-state index contributed by atoms with van der Waals surface area (Å²) in [5, 5.41) is 2.93. The number of amides is 3. The number of carbonyl (C=O) groups is 4. The van der Waals surface area contributed by atoms with Crippen molar-refractivity contribution >= 4 is 34.9 Å². The Bertz CT molecular complexity index is 1600. The zero-order chi connectivity index (χ0) is 28.9. The molecule has 8 heteroatoms. The van der Waals surface area contributed by atoms with Crippen LogP contribution in [0.15, 0.2) is 103 Å². The molecule has 3 amide bonds. The number of anilines is 2. The van der Waals surface area contributed by atoms with Crippen molar-refractivity contribution in [1.29, 1.82) is 0 Å². The molecule has 8 nitrogen and oxygen atoms in total. The van der Waals surface area contributed by atoms with Gasteiger partial charge in [0, 0.05) is 12.2 Å². The average molecular weight is 548 g/mol. The van der Waals surface area contributed by atoms with Crippen LogP contribution in [0.25, 0.3) is 0 Å². The molecule has 41 heavy (non-hydrogen) atoms. The highest BCUT2D eigenvalue weighted by Crippen LogP contribution is 2.31. The van der Waals surface area contributed by atoms with Gasteiger partial charge >= 0.3 is 0 Å². The maximum Gasteiger partial charge on any atom is 0.299 e. The van der Waals surface area contributed by atoms with E-state index in [1.165, 1.54) is 9.80 Å². The van der Waals surface area contributed by atoms with Gasteiger partial charge in [0.1, 0.15) is 18.3 Å². The van der Waals surface area contributed by atoms with Crippen molar-refractivity contribution in [1.82, 2.24) is 4.90 Å². The number of fused-ring (bicyclic) bond motifs is 1. The summed E-state index contributed by atoms with van der Waals surface area (Å²) >= 11 is 0. The van der Waals surface area contributed by atoms with Crippen LogP contribution < -0.4 is 15.0 Å². The van der Waals surface area contributed by atoms with E-state index in [0.717, 1.165) is 11.1 Å². The van der Waals surface area contributed by atoms with E-state index in [4.69, 9.17) is 4.74 Å². The van der Waals surface area contributed by atoms with Crippen molar-refractivity contribution in [2.24, 2.45) is 0 Å². The molecule has 206 valence electrons. The lowest BCUT2D eigenvalue weighted by molar-refractivity contribution is -0.139. The molecule has 4 aromatic rings. The third-order valence-electron chi connectivity index (χ3n) is 7.13. The predicted molar refractivity (Wildman–Crippen MR) is 156 cm³/mol. The summed E-state index contributed by atoms with van der Waals surface area (Å²) in [5.74, 6) is -1.69. The minimum absolute atomic E-state index is 0.110. The summed E-state index contributed by atoms with van der Waals surface area (Å²) in [6, 6.07) is 29.1. The fourth-order valence-corrected chi connectivity index (χ4v) is 4.92. The number of hydrogen-bond donors (Lipinski definition) is 1. The first kappa shape index (κ1) is 27.3. The van der Waals surface area contributed by atoms with Crippen LogP contribution in [0, 0.1) is 6.92 Å². The van der Waals surface area contributed by atoms with Crippen LogP contribution in [0.3, 0.4) is 0 Å². The minimum Gasteiger partial charge on any atom is -0.497 e. The monoisotopic (exact) mass is 547 g/mol. The number of ether oxygens (including phenoxy) is 1. The van der Waals surface area contributed by atoms with Crippen LogP contribution in [0.2, 0.25) is 0 Å². The van der Waals surface area contributed by atoms with Gasteiger partial charge in [0.2, 0.25) is 5.91 Å². The SMILES string of the molecule is COc1ccc(NC(=O)[C@H](c2ccccc2)N(Cc2ccccc2C)C(=O)CN2C(=O)C(=O)c3ccccc32)cc1. The molecule has 1 heterocycles. The van der Waals surface area contributed by atoms with Crippen LogP contribution >= 0.6 is 0 Å². The number of rotatable bonds is 9. The summed E-state index contributed by atoms with van der Waals surface area (Å²) in [5.41, 5.74) is 3.57. The zero-order valence-electron chi connectivity index (χ0n) is 22.7. The van der Waals surface area contributed by atoms with Crippen LogP contribution in [0.4, 0.5) is 11.4 Å². The highest BCUT2D eigenvalue weighted by atomic mass is 16.5. The molecular weight excluding hydrogens is 518 g/mol. The molecule has 1 aliphatic heterocycles. The molecule has 0 fully saturated rings. The van der Waals surface area contributed by atoms with Gasteiger partial charge in [-0.2, -0.15) is 0 Å². The Morgan fingerprint density at radius 1 is 0.854 bits per heavy atom. The fourth-order valence-electron chi connectivity index (χ4n) is 4.92. The highest BCUT2D eigenvalue weighted by molar-refractivity contribution is 6.52. The van der Waals surface area contributed by atoms with Crippen molar-refractivity contribution in [3.8, 4) is 5.75 Å². The van der Waals surface area contributed by atoms with Gasteiger partial charge in [-0.15, -0.1) is 0 Å². The first-order valence-corrected chi connectivity index (χ1v) is 13.2. The smallest absolute Gasteiger partial charge is 0.299 e. The molecular formula is C33H29N3O5. The van der Waals surface area contributed by atoms with Gasteiger partial charge in [-0.3, -0.25) is 24.1 Å². The Morgan fingerprint density at radius 3 is 2.22 bits per heavy atom. The van der Waals surface area contributed by atoms with Crippen molar-refractivity contribution in [3.05, 3.63) is 125 Å². The fraction of sp³-hybridized carbons (Fsp3) is 0.152. The number of benzene rings is 4. The Labute approximate surface area is 238 Å². The number of hydrogen-bond acceptors (Lipinski definition) is 5. The van der Waals surface area contributed by atoms with E-state index in [1.807, 2.05) is 37.3 Å². The number of ketones is 1. The number of aryl methyl sites for hydroxylation is 1. The predicted octanol–water partition coefficient (Wildman–Crippen LogP) is 4.94. The van der Waals surface area contributed by atoms with E-state index >= 15 is 0 Å². The van der Waals surface area contributed by atoms with E-state index in [0.29, 0.717) is 22.7 Å².